The lowest BCUT2D eigenvalue weighted by atomic mass is 10.1. The quantitative estimate of drug-likeness (QED) is 0.421. The number of carbonyl (C=O) groups is 2. The molecule has 0 radical (unpaired) electrons. The van der Waals surface area contributed by atoms with Crippen molar-refractivity contribution in [2.24, 2.45) is 0 Å². The van der Waals surface area contributed by atoms with E-state index in [-0.39, 0.29) is 18.4 Å². The predicted octanol–water partition coefficient (Wildman–Crippen LogP) is 4.98. The van der Waals surface area contributed by atoms with Crippen LogP contribution in [0.3, 0.4) is 0 Å². The Balaban J connectivity index is 1.16. The highest BCUT2D eigenvalue weighted by Crippen LogP contribution is 2.17. The van der Waals surface area contributed by atoms with Gasteiger partial charge in [-0.15, -0.1) is 0 Å². The molecular weight excluding hydrogens is 426 g/mol. The molecule has 0 aromatic heterocycles. The summed E-state index contributed by atoms with van der Waals surface area (Å²) in [6, 6.07) is 25.0. The van der Waals surface area contributed by atoms with E-state index in [2.05, 4.69) is 22.8 Å². The second kappa shape index (κ2) is 11.9. The zero-order valence-electron chi connectivity index (χ0n) is 19.3. The summed E-state index contributed by atoms with van der Waals surface area (Å²) in [6.07, 6.45) is 4.08. The van der Waals surface area contributed by atoms with Crippen molar-refractivity contribution in [3.8, 4) is 5.75 Å². The maximum absolute atomic E-state index is 12.4. The van der Waals surface area contributed by atoms with Crippen LogP contribution >= 0.6 is 0 Å². The van der Waals surface area contributed by atoms with Crippen LogP contribution in [0.5, 0.6) is 5.75 Å². The van der Waals surface area contributed by atoms with Crippen LogP contribution in [0.4, 0.5) is 11.4 Å². The van der Waals surface area contributed by atoms with Gasteiger partial charge in [-0.2, -0.15) is 0 Å². The summed E-state index contributed by atoms with van der Waals surface area (Å²) in [6.45, 7) is 2.45. The molecule has 1 saturated heterocycles. The maximum atomic E-state index is 12.4. The SMILES string of the molecule is O=C(CNc1ccc(C(=O)N2CCCC2)cc1)Nc1ccc(OCCCc2ccccc2)cc1. The summed E-state index contributed by atoms with van der Waals surface area (Å²) in [5, 5.41) is 5.97. The zero-order valence-corrected chi connectivity index (χ0v) is 19.3. The van der Waals surface area contributed by atoms with Gasteiger partial charge in [-0.05, 0) is 79.8 Å². The minimum atomic E-state index is -0.145. The molecule has 6 heteroatoms. The summed E-state index contributed by atoms with van der Waals surface area (Å²) >= 11 is 0. The molecule has 3 aromatic carbocycles. The van der Waals surface area contributed by atoms with Crippen molar-refractivity contribution < 1.29 is 14.3 Å². The number of hydrogen-bond donors (Lipinski definition) is 2. The Kier molecular flexibility index (Phi) is 8.17. The lowest BCUT2D eigenvalue weighted by Gasteiger charge is -2.15. The second-order valence-corrected chi connectivity index (χ2v) is 8.44. The van der Waals surface area contributed by atoms with Crippen LogP contribution in [0.25, 0.3) is 0 Å². The van der Waals surface area contributed by atoms with Crippen molar-refractivity contribution in [1.82, 2.24) is 4.90 Å². The number of likely N-dealkylation sites (tertiary alicyclic amines) is 1. The molecule has 4 rings (SSSR count). The summed E-state index contributed by atoms with van der Waals surface area (Å²) in [4.78, 5) is 26.6. The molecule has 1 aliphatic heterocycles. The molecular formula is C28H31N3O3. The fourth-order valence-corrected chi connectivity index (χ4v) is 3.97. The van der Waals surface area contributed by atoms with E-state index < -0.39 is 0 Å². The van der Waals surface area contributed by atoms with Gasteiger partial charge in [0.2, 0.25) is 5.91 Å². The van der Waals surface area contributed by atoms with Gasteiger partial charge in [0.15, 0.2) is 0 Å². The fraction of sp³-hybridized carbons (Fsp3) is 0.286. The lowest BCUT2D eigenvalue weighted by molar-refractivity contribution is -0.114. The molecule has 3 aromatic rings. The molecule has 176 valence electrons. The Morgan fingerprint density at radius 3 is 2.21 bits per heavy atom. The average molecular weight is 458 g/mol. The number of nitrogens with zero attached hydrogens (tertiary/aromatic N) is 1. The van der Waals surface area contributed by atoms with Crippen molar-refractivity contribution in [3.63, 3.8) is 0 Å². The second-order valence-electron chi connectivity index (χ2n) is 8.44. The molecule has 34 heavy (non-hydrogen) atoms. The Hall–Kier alpha value is -3.80. The van der Waals surface area contributed by atoms with E-state index in [0.717, 1.165) is 55.9 Å². The van der Waals surface area contributed by atoms with E-state index in [1.54, 1.807) is 12.1 Å². The van der Waals surface area contributed by atoms with Crippen molar-refractivity contribution in [3.05, 3.63) is 90.0 Å². The van der Waals surface area contributed by atoms with Gasteiger partial charge in [-0.25, -0.2) is 0 Å². The lowest BCUT2D eigenvalue weighted by Crippen LogP contribution is -2.27. The standard InChI is InChI=1S/C28H31N3O3/c32-27(21-29-24-12-10-23(11-13-24)28(33)31-18-4-5-19-31)30-25-14-16-26(17-15-25)34-20-6-9-22-7-2-1-3-8-22/h1-3,7-8,10-17,29H,4-6,9,18-21H2,(H,30,32). The number of benzene rings is 3. The third kappa shape index (κ3) is 6.85. The van der Waals surface area contributed by atoms with Gasteiger partial charge >= 0.3 is 0 Å². The first kappa shape index (κ1) is 23.4. The minimum Gasteiger partial charge on any atom is -0.494 e. The normalized spacial score (nSPS) is 12.9. The molecule has 1 fully saturated rings. The maximum Gasteiger partial charge on any atom is 0.253 e. The summed E-state index contributed by atoms with van der Waals surface area (Å²) in [5.41, 5.74) is 3.51. The van der Waals surface area contributed by atoms with Crippen molar-refractivity contribution >= 4 is 23.2 Å². The van der Waals surface area contributed by atoms with E-state index in [1.165, 1.54) is 5.56 Å². The predicted molar refractivity (Wildman–Crippen MR) is 135 cm³/mol. The van der Waals surface area contributed by atoms with Crippen molar-refractivity contribution in [2.45, 2.75) is 25.7 Å². The molecule has 1 heterocycles. The average Bonchev–Trinajstić information content (AvgIpc) is 3.42. The number of aryl methyl sites for hydroxylation is 1. The molecule has 6 nitrogen and oxygen atoms in total. The molecule has 0 spiro atoms. The van der Waals surface area contributed by atoms with Crippen LogP contribution in [0.1, 0.15) is 35.2 Å². The first-order valence-corrected chi connectivity index (χ1v) is 11.9. The van der Waals surface area contributed by atoms with E-state index in [4.69, 9.17) is 4.74 Å². The molecule has 2 N–H and O–H groups in total. The van der Waals surface area contributed by atoms with Crippen molar-refractivity contribution in [1.29, 1.82) is 0 Å². The highest BCUT2D eigenvalue weighted by molar-refractivity contribution is 5.95. The smallest absolute Gasteiger partial charge is 0.253 e. The Labute approximate surface area is 200 Å². The number of hydrogen-bond acceptors (Lipinski definition) is 4. The zero-order chi connectivity index (χ0) is 23.6. The van der Waals surface area contributed by atoms with Crippen LogP contribution in [0.2, 0.25) is 0 Å². The number of ether oxygens (including phenoxy) is 1. The fourth-order valence-electron chi connectivity index (χ4n) is 3.97. The highest BCUT2D eigenvalue weighted by Gasteiger charge is 2.19. The molecule has 1 aliphatic rings. The Morgan fingerprint density at radius 1 is 0.824 bits per heavy atom. The van der Waals surface area contributed by atoms with Crippen LogP contribution in [-0.2, 0) is 11.2 Å². The molecule has 2 amide bonds. The third-order valence-electron chi connectivity index (χ3n) is 5.84. The van der Waals surface area contributed by atoms with Gasteiger partial charge in [0.1, 0.15) is 5.75 Å². The number of amides is 2. The summed E-state index contributed by atoms with van der Waals surface area (Å²) in [5.74, 6) is 0.715. The largest absolute Gasteiger partial charge is 0.494 e. The monoisotopic (exact) mass is 457 g/mol. The van der Waals surface area contributed by atoms with E-state index in [1.807, 2.05) is 59.5 Å². The van der Waals surface area contributed by atoms with Crippen molar-refractivity contribution in [2.75, 3.05) is 36.9 Å². The Morgan fingerprint density at radius 2 is 1.50 bits per heavy atom. The number of nitrogens with one attached hydrogen (secondary N) is 2. The topological polar surface area (TPSA) is 70.7 Å². The molecule has 0 saturated carbocycles. The number of anilines is 2. The van der Waals surface area contributed by atoms with Gasteiger partial charge < -0.3 is 20.3 Å². The summed E-state index contributed by atoms with van der Waals surface area (Å²) in [7, 11) is 0. The van der Waals surface area contributed by atoms with Crippen LogP contribution in [-0.4, -0.2) is 43.0 Å². The van der Waals surface area contributed by atoms with Crippen LogP contribution in [0, 0.1) is 0 Å². The Bertz CT molecular complexity index is 1060. The van der Waals surface area contributed by atoms with E-state index >= 15 is 0 Å². The summed E-state index contributed by atoms with van der Waals surface area (Å²) < 4.78 is 5.80. The van der Waals surface area contributed by atoms with Gasteiger partial charge in [0.05, 0.1) is 13.2 Å². The van der Waals surface area contributed by atoms with Crippen LogP contribution < -0.4 is 15.4 Å². The molecule has 0 aliphatic carbocycles. The molecule has 0 bridgehead atoms. The first-order chi connectivity index (χ1) is 16.7. The number of carbonyl (C=O) groups excluding carboxylic acids is 2. The van der Waals surface area contributed by atoms with E-state index in [9.17, 15) is 9.59 Å². The van der Waals surface area contributed by atoms with Gasteiger partial charge in [0, 0.05) is 30.0 Å². The molecule has 0 unspecified atom stereocenters. The van der Waals surface area contributed by atoms with Gasteiger partial charge in [-0.1, -0.05) is 30.3 Å². The first-order valence-electron chi connectivity index (χ1n) is 11.9. The van der Waals surface area contributed by atoms with E-state index in [0.29, 0.717) is 12.2 Å². The minimum absolute atomic E-state index is 0.0745. The highest BCUT2D eigenvalue weighted by atomic mass is 16.5. The van der Waals surface area contributed by atoms with Gasteiger partial charge in [0.25, 0.3) is 5.91 Å². The van der Waals surface area contributed by atoms with Crippen LogP contribution in [0.15, 0.2) is 78.9 Å². The molecule has 0 atom stereocenters. The van der Waals surface area contributed by atoms with Gasteiger partial charge in [-0.3, -0.25) is 9.59 Å². The third-order valence-corrected chi connectivity index (χ3v) is 5.84. The number of rotatable bonds is 10.